The minimum Gasteiger partial charge on any atom is -0.457 e. The highest BCUT2D eigenvalue weighted by Crippen LogP contribution is 2.39. The van der Waals surface area contributed by atoms with Crippen molar-refractivity contribution in [1.29, 1.82) is 0 Å². The summed E-state index contributed by atoms with van der Waals surface area (Å²) in [7, 11) is 0. The molecule has 0 N–H and O–H groups in total. The highest BCUT2D eigenvalue weighted by Gasteiger charge is 2.31. The van der Waals surface area contributed by atoms with Crippen LogP contribution in [0.4, 0.5) is 0 Å². The van der Waals surface area contributed by atoms with Gasteiger partial charge >= 0.3 is 23.9 Å². The molecule has 0 saturated heterocycles. The van der Waals surface area contributed by atoms with Crippen molar-refractivity contribution in [3.05, 3.63) is 82.4 Å². The maximum Gasteiger partial charge on any atom is 0.347 e. The van der Waals surface area contributed by atoms with Crippen LogP contribution in [0.1, 0.15) is 67.8 Å². The van der Waals surface area contributed by atoms with E-state index >= 15 is 0 Å². The number of hydrogen-bond acceptors (Lipinski definition) is 8. The first-order valence-corrected chi connectivity index (χ1v) is 10.4. The average Bonchev–Trinajstić information content (AvgIpc) is 3.22. The second-order valence-corrected chi connectivity index (χ2v) is 8.88. The molecule has 0 atom stereocenters. The van der Waals surface area contributed by atoms with E-state index < -0.39 is 23.9 Å². The second-order valence-electron chi connectivity index (χ2n) is 8.88. The van der Waals surface area contributed by atoms with E-state index in [4.69, 9.17) is 9.47 Å². The number of carbonyl (C=O) groups excluding carboxylic acids is 4. The summed E-state index contributed by atoms with van der Waals surface area (Å²) in [5.74, 6) is -0.958. The van der Waals surface area contributed by atoms with Gasteiger partial charge in [0.1, 0.15) is 23.0 Å². The van der Waals surface area contributed by atoms with Gasteiger partial charge in [0.25, 0.3) is 0 Å². The van der Waals surface area contributed by atoms with E-state index in [1.165, 1.54) is 24.3 Å². The molecule has 2 aliphatic rings. The number of ether oxygens (including phenoxy) is 4. The van der Waals surface area contributed by atoms with Gasteiger partial charge in [-0.25, -0.2) is 19.2 Å². The normalized spacial score (nSPS) is 14.4. The molecule has 34 heavy (non-hydrogen) atoms. The maximum atomic E-state index is 11.9. The van der Waals surface area contributed by atoms with Gasteiger partial charge in [0.05, 0.1) is 22.3 Å². The molecular weight excluding hydrogens is 440 g/mol. The summed E-state index contributed by atoms with van der Waals surface area (Å²) in [6.07, 6.45) is 0. The monoisotopic (exact) mass is 458 g/mol. The minimum atomic E-state index is -0.704. The Morgan fingerprint density at radius 1 is 0.559 bits per heavy atom. The first-order valence-electron chi connectivity index (χ1n) is 10.4. The Labute approximate surface area is 194 Å². The Kier molecular flexibility index (Phi) is 4.75. The van der Waals surface area contributed by atoms with Crippen molar-refractivity contribution in [2.45, 2.75) is 26.2 Å². The smallest absolute Gasteiger partial charge is 0.347 e. The molecule has 2 heterocycles. The lowest BCUT2D eigenvalue weighted by atomic mass is 9.86. The maximum absolute atomic E-state index is 11.9. The molecule has 0 bridgehead atoms. The zero-order valence-electron chi connectivity index (χ0n) is 18.5. The van der Waals surface area contributed by atoms with Crippen LogP contribution in [0.3, 0.4) is 0 Å². The lowest BCUT2D eigenvalue weighted by molar-refractivity contribution is 0.0425. The van der Waals surface area contributed by atoms with Gasteiger partial charge in [0.2, 0.25) is 0 Å². The van der Waals surface area contributed by atoms with Crippen molar-refractivity contribution in [3.63, 3.8) is 0 Å². The van der Waals surface area contributed by atoms with Crippen LogP contribution in [0, 0.1) is 0 Å². The zero-order valence-corrected chi connectivity index (χ0v) is 18.5. The molecule has 5 rings (SSSR count). The van der Waals surface area contributed by atoms with Crippen LogP contribution in [0.5, 0.6) is 23.0 Å². The number of carbonyl (C=O) groups is 4. The average molecular weight is 458 g/mol. The SMILES string of the molecule is CC(C)(C)c1cc(Oc2ccc3c(c2)C(=O)OC3=O)ccc1Oc1ccc2c(c1)C(=O)OC2=O. The highest BCUT2D eigenvalue weighted by atomic mass is 16.6. The molecule has 8 nitrogen and oxygen atoms in total. The van der Waals surface area contributed by atoms with Crippen LogP contribution in [-0.2, 0) is 14.9 Å². The summed E-state index contributed by atoms with van der Waals surface area (Å²) in [6, 6.07) is 14.4. The van der Waals surface area contributed by atoms with E-state index in [-0.39, 0.29) is 27.7 Å². The molecule has 3 aromatic rings. The number of rotatable bonds is 4. The van der Waals surface area contributed by atoms with Crippen LogP contribution in [0.15, 0.2) is 54.6 Å². The van der Waals surface area contributed by atoms with E-state index in [1.807, 2.05) is 26.8 Å². The first-order chi connectivity index (χ1) is 16.1. The van der Waals surface area contributed by atoms with Crippen molar-refractivity contribution in [1.82, 2.24) is 0 Å². The van der Waals surface area contributed by atoms with Crippen LogP contribution >= 0.6 is 0 Å². The third-order valence-corrected chi connectivity index (χ3v) is 5.46. The first kappa shape index (κ1) is 21.4. The fourth-order valence-electron chi connectivity index (χ4n) is 3.77. The van der Waals surface area contributed by atoms with E-state index in [9.17, 15) is 19.2 Å². The summed E-state index contributed by atoms with van der Waals surface area (Å²) in [5, 5.41) is 0. The Balaban J connectivity index is 1.45. The number of cyclic esters (lactones) is 4. The van der Waals surface area contributed by atoms with Crippen LogP contribution in [-0.4, -0.2) is 23.9 Å². The van der Waals surface area contributed by atoms with E-state index in [1.54, 1.807) is 24.3 Å². The summed E-state index contributed by atoms with van der Waals surface area (Å²) >= 11 is 0. The van der Waals surface area contributed by atoms with Gasteiger partial charge in [-0.2, -0.15) is 0 Å². The lowest BCUT2D eigenvalue weighted by Gasteiger charge is -2.23. The van der Waals surface area contributed by atoms with Gasteiger partial charge < -0.3 is 18.9 Å². The van der Waals surface area contributed by atoms with Gasteiger partial charge in [-0.15, -0.1) is 0 Å². The lowest BCUT2D eigenvalue weighted by Crippen LogP contribution is -2.12. The number of benzene rings is 3. The van der Waals surface area contributed by atoms with Gasteiger partial charge in [-0.3, -0.25) is 0 Å². The molecular formula is C26H18O8. The van der Waals surface area contributed by atoms with Crippen molar-refractivity contribution in [2.24, 2.45) is 0 Å². The van der Waals surface area contributed by atoms with E-state index in [0.29, 0.717) is 23.0 Å². The molecule has 0 amide bonds. The van der Waals surface area contributed by atoms with Crippen molar-refractivity contribution in [3.8, 4) is 23.0 Å². The molecule has 0 aromatic heterocycles. The third kappa shape index (κ3) is 3.69. The Morgan fingerprint density at radius 2 is 1.00 bits per heavy atom. The van der Waals surface area contributed by atoms with Gasteiger partial charge in [-0.05, 0) is 60.0 Å². The Morgan fingerprint density at radius 3 is 1.53 bits per heavy atom. The van der Waals surface area contributed by atoms with E-state index in [0.717, 1.165) is 5.56 Å². The van der Waals surface area contributed by atoms with Crippen LogP contribution in [0.25, 0.3) is 0 Å². The molecule has 2 aliphatic heterocycles. The third-order valence-electron chi connectivity index (χ3n) is 5.46. The molecule has 3 aromatic carbocycles. The molecule has 170 valence electrons. The topological polar surface area (TPSA) is 105 Å². The molecule has 8 heteroatoms. The highest BCUT2D eigenvalue weighted by molar-refractivity contribution is 6.15. The summed E-state index contributed by atoms with van der Waals surface area (Å²) < 4.78 is 21.3. The van der Waals surface area contributed by atoms with Gasteiger partial charge in [-0.1, -0.05) is 20.8 Å². The minimum absolute atomic E-state index is 0.159. The fraction of sp³-hybridized carbons (Fsp3) is 0.154. The van der Waals surface area contributed by atoms with Crippen molar-refractivity contribution >= 4 is 23.9 Å². The standard InChI is InChI=1S/C26H18O8/c1-26(2,3)20-12-15(31-13-4-7-16-18(10-13)24(29)33-22(16)27)6-9-21(20)32-14-5-8-17-19(11-14)25(30)34-23(17)28/h4-12H,1-3H3. The molecule has 0 aliphatic carbocycles. The van der Waals surface area contributed by atoms with Crippen LogP contribution in [0.2, 0.25) is 0 Å². The molecule has 0 saturated carbocycles. The Hall–Kier alpha value is -4.46. The van der Waals surface area contributed by atoms with E-state index in [2.05, 4.69) is 9.47 Å². The predicted octanol–water partition coefficient (Wildman–Crippen LogP) is 5.19. The summed E-state index contributed by atoms with van der Waals surface area (Å²) in [6.45, 7) is 6.03. The molecule has 0 radical (unpaired) electrons. The predicted molar refractivity (Wildman–Crippen MR) is 118 cm³/mol. The van der Waals surface area contributed by atoms with Crippen LogP contribution < -0.4 is 9.47 Å². The van der Waals surface area contributed by atoms with Gasteiger partial charge in [0, 0.05) is 5.56 Å². The molecule has 0 spiro atoms. The Bertz CT molecular complexity index is 1410. The van der Waals surface area contributed by atoms with Gasteiger partial charge in [0.15, 0.2) is 0 Å². The van der Waals surface area contributed by atoms with Crippen molar-refractivity contribution in [2.75, 3.05) is 0 Å². The molecule has 0 fully saturated rings. The quantitative estimate of drug-likeness (QED) is 0.389. The largest absolute Gasteiger partial charge is 0.457 e. The van der Waals surface area contributed by atoms with Crippen molar-refractivity contribution < 1.29 is 38.1 Å². The summed E-state index contributed by atoms with van der Waals surface area (Å²) in [4.78, 5) is 47.0. The number of fused-ring (bicyclic) bond motifs is 2. The zero-order chi connectivity index (χ0) is 24.2. The molecule has 0 unspecified atom stereocenters. The summed E-state index contributed by atoms with van der Waals surface area (Å²) in [5.41, 5.74) is 1.21. The fourth-order valence-corrected chi connectivity index (χ4v) is 3.77. The second kappa shape index (κ2) is 7.55. The number of esters is 4. The number of hydrogen-bond donors (Lipinski definition) is 0.